The molecular weight excluding hydrogens is 510 g/mol. The Bertz CT molecular complexity index is 1090. The third kappa shape index (κ3) is 6.14. The van der Waals surface area contributed by atoms with Crippen LogP contribution >= 0.6 is 0 Å². The number of hydrogen-bond donors (Lipinski definition) is 4. The van der Waals surface area contributed by atoms with Crippen molar-refractivity contribution < 1.29 is 24.2 Å². The van der Waals surface area contributed by atoms with Crippen LogP contribution in [-0.2, 0) is 14.4 Å². The zero-order chi connectivity index (χ0) is 28.4. The first-order chi connectivity index (χ1) is 19.2. The summed E-state index contributed by atoms with van der Waals surface area (Å²) in [5.41, 5.74) is 0.0649. The van der Waals surface area contributed by atoms with Crippen LogP contribution in [0, 0.1) is 5.92 Å². The number of amides is 3. The third-order valence-electron chi connectivity index (χ3n) is 9.30. The number of piperazine rings is 1. The lowest BCUT2D eigenvalue weighted by molar-refractivity contribution is -0.149. The highest BCUT2D eigenvalue weighted by molar-refractivity contribution is 5.93. The van der Waals surface area contributed by atoms with Gasteiger partial charge in [-0.05, 0) is 52.1 Å². The van der Waals surface area contributed by atoms with E-state index in [9.17, 15) is 19.5 Å². The molecule has 0 bridgehead atoms. The molecule has 5 rings (SSSR count). The molecule has 3 aliphatic heterocycles. The average Bonchev–Trinajstić information content (AvgIpc) is 3.27. The molecule has 1 aliphatic carbocycles. The Morgan fingerprint density at radius 2 is 1.85 bits per heavy atom. The normalized spacial score (nSPS) is 30.4. The van der Waals surface area contributed by atoms with Gasteiger partial charge in [0.15, 0.2) is 0 Å². The van der Waals surface area contributed by atoms with Crippen molar-refractivity contribution in [2.24, 2.45) is 5.92 Å². The van der Waals surface area contributed by atoms with Gasteiger partial charge in [0, 0.05) is 37.7 Å². The Morgan fingerprint density at radius 3 is 2.60 bits per heavy atom. The summed E-state index contributed by atoms with van der Waals surface area (Å²) in [5.74, 6) is 0.184. The monoisotopic (exact) mass is 555 g/mol. The summed E-state index contributed by atoms with van der Waals surface area (Å²) in [5, 5.41) is 20.1. The van der Waals surface area contributed by atoms with Gasteiger partial charge >= 0.3 is 0 Å². The van der Waals surface area contributed by atoms with Gasteiger partial charge < -0.3 is 30.7 Å². The largest absolute Gasteiger partial charge is 0.493 e. The van der Waals surface area contributed by atoms with Gasteiger partial charge in [0.25, 0.3) is 0 Å². The summed E-state index contributed by atoms with van der Waals surface area (Å²) in [7, 11) is 1.72. The molecular formula is C30H45N5O5. The van der Waals surface area contributed by atoms with Crippen molar-refractivity contribution in [2.45, 2.75) is 94.6 Å². The zero-order valence-electron chi connectivity index (χ0n) is 24.0. The molecule has 0 aromatic heterocycles. The summed E-state index contributed by atoms with van der Waals surface area (Å²) >= 11 is 0. The molecule has 1 saturated carbocycles. The topological polar surface area (TPSA) is 123 Å². The Hall–Kier alpha value is -2.69. The number of nitrogens with one attached hydrogen (secondary N) is 3. The maximum Gasteiger partial charge on any atom is 0.246 e. The Morgan fingerprint density at radius 1 is 1.10 bits per heavy atom. The van der Waals surface area contributed by atoms with E-state index in [1.807, 2.05) is 31.2 Å². The lowest BCUT2D eigenvalue weighted by atomic mass is 9.82. The summed E-state index contributed by atoms with van der Waals surface area (Å²) in [6.07, 6.45) is 6.11. The first kappa shape index (κ1) is 28.8. The van der Waals surface area contributed by atoms with Crippen molar-refractivity contribution in [1.82, 2.24) is 25.8 Å². The molecule has 0 unspecified atom stereocenters. The van der Waals surface area contributed by atoms with Crippen LogP contribution in [0.3, 0.4) is 0 Å². The van der Waals surface area contributed by atoms with Crippen LogP contribution in [0.4, 0.5) is 0 Å². The number of carbonyl (C=O) groups is 3. The predicted molar refractivity (Wildman–Crippen MR) is 151 cm³/mol. The maximum absolute atomic E-state index is 14.4. The molecule has 0 spiro atoms. The number of rotatable bonds is 7. The fourth-order valence-corrected chi connectivity index (χ4v) is 7.00. The van der Waals surface area contributed by atoms with Gasteiger partial charge in [0.1, 0.15) is 17.8 Å². The van der Waals surface area contributed by atoms with Gasteiger partial charge in [-0.15, -0.1) is 0 Å². The van der Waals surface area contributed by atoms with Gasteiger partial charge in [-0.25, -0.2) is 0 Å². The molecule has 1 aromatic carbocycles. The van der Waals surface area contributed by atoms with Crippen LogP contribution in [0.2, 0.25) is 0 Å². The fraction of sp³-hybridized carbons (Fsp3) is 0.700. The van der Waals surface area contributed by atoms with Crippen LogP contribution in [0.15, 0.2) is 24.3 Å². The molecule has 2 saturated heterocycles. The van der Waals surface area contributed by atoms with E-state index in [-0.39, 0.29) is 35.7 Å². The van der Waals surface area contributed by atoms with Gasteiger partial charge in [0.05, 0.1) is 24.3 Å². The smallest absolute Gasteiger partial charge is 0.246 e. The summed E-state index contributed by atoms with van der Waals surface area (Å²) in [6.45, 7) is 5.26. The molecule has 3 fully saturated rings. The highest BCUT2D eigenvalue weighted by Crippen LogP contribution is 2.35. The minimum atomic E-state index is -0.871. The lowest BCUT2D eigenvalue weighted by Crippen LogP contribution is -2.66. The van der Waals surface area contributed by atoms with Gasteiger partial charge in [0.2, 0.25) is 17.7 Å². The van der Waals surface area contributed by atoms with E-state index in [0.717, 1.165) is 43.4 Å². The van der Waals surface area contributed by atoms with Gasteiger partial charge in [-0.3, -0.25) is 19.3 Å². The minimum Gasteiger partial charge on any atom is -0.493 e. The van der Waals surface area contributed by atoms with E-state index in [1.54, 1.807) is 18.9 Å². The number of fused-ring (bicyclic) bond motifs is 2. The molecule has 4 N–H and O–H groups in total. The second-order valence-electron chi connectivity index (χ2n) is 12.4. The quantitative estimate of drug-likeness (QED) is 0.400. The van der Waals surface area contributed by atoms with Crippen molar-refractivity contribution in [2.75, 3.05) is 33.3 Å². The van der Waals surface area contributed by atoms with Crippen LogP contribution in [0.5, 0.6) is 5.75 Å². The number of likely N-dealkylation sites (N-methyl/N-ethyl adjacent to an activating group) is 1. The van der Waals surface area contributed by atoms with E-state index in [0.29, 0.717) is 39.1 Å². The Kier molecular flexibility index (Phi) is 8.68. The molecule has 1 aromatic rings. The lowest BCUT2D eigenvalue weighted by Gasteiger charge is -2.45. The zero-order valence-corrected chi connectivity index (χ0v) is 24.0. The number of para-hydroxylation sites is 1. The first-order valence-corrected chi connectivity index (χ1v) is 14.9. The standard InChI is InChI=1S/C30H45N5O5/c1-19(31-3)27(36)33-26(20-9-5-4-6-10-20)29(38)35-16-21-15-30(2,39)18-34(21)17-24(35)28(37)32-23-13-14-40-25-12-8-7-11-22(23)25/h7-8,11-12,19-21,23-24,26,31,39H,4-6,9-10,13-18H2,1-3H3,(H,32,37)(H,33,36)/t19-,21+,23+,24-,26-,30+/m0/s1. The molecule has 0 radical (unpaired) electrons. The molecule has 40 heavy (non-hydrogen) atoms. The Labute approximate surface area is 237 Å². The highest BCUT2D eigenvalue weighted by atomic mass is 16.5. The van der Waals surface area contributed by atoms with Crippen molar-refractivity contribution >= 4 is 17.7 Å². The van der Waals surface area contributed by atoms with Gasteiger partial charge in [-0.1, -0.05) is 37.5 Å². The van der Waals surface area contributed by atoms with Crippen LogP contribution < -0.4 is 20.7 Å². The van der Waals surface area contributed by atoms with E-state index in [1.165, 1.54) is 0 Å². The minimum absolute atomic E-state index is 0.0325. The number of aliphatic hydroxyl groups is 1. The molecule has 10 heteroatoms. The molecule has 10 nitrogen and oxygen atoms in total. The molecule has 220 valence electrons. The van der Waals surface area contributed by atoms with Crippen LogP contribution in [0.1, 0.15) is 70.4 Å². The SMILES string of the molecule is CN[C@@H](C)C(=O)N[C@H](C(=O)N1C[C@H]2C[C@@](C)(O)CN2C[C@H]1C(=O)N[C@@H]1CCOc2ccccc21)C1CCCCC1. The predicted octanol–water partition coefficient (Wildman–Crippen LogP) is 1.34. The molecule has 6 atom stereocenters. The third-order valence-corrected chi connectivity index (χ3v) is 9.30. The van der Waals surface area contributed by atoms with Gasteiger partial charge in [-0.2, -0.15) is 0 Å². The Balaban J connectivity index is 1.41. The molecule has 4 aliphatic rings. The average molecular weight is 556 g/mol. The number of hydrogen-bond acceptors (Lipinski definition) is 7. The summed E-state index contributed by atoms with van der Waals surface area (Å²) < 4.78 is 5.79. The molecule has 3 heterocycles. The maximum atomic E-state index is 14.4. The van der Waals surface area contributed by atoms with Crippen molar-refractivity contribution in [1.29, 1.82) is 0 Å². The number of carbonyl (C=O) groups excluding carboxylic acids is 3. The molecule has 3 amide bonds. The second kappa shape index (κ2) is 12.0. The van der Waals surface area contributed by atoms with Crippen molar-refractivity contribution in [3.05, 3.63) is 29.8 Å². The first-order valence-electron chi connectivity index (χ1n) is 14.9. The van der Waals surface area contributed by atoms with Crippen molar-refractivity contribution in [3.8, 4) is 5.75 Å². The number of nitrogens with zero attached hydrogens (tertiary/aromatic N) is 2. The number of ether oxygens (including phenoxy) is 1. The summed E-state index contributed by atoms with van der Waals surface area (Å²) in [4.78, 5) is 45.2. The highest BCUT2D eigenvalue weighted by Gasteiger charge is 2.49. The van der Waals surface area contributed by atoms with E-state index < -0.39 is 23.7 Å². The second-order valence-corrected chi connectivity index (χ2v) is 12.4. The van der Waals surface area contributed by atoms with E-state index in [2.05, 4.69) is 20.9 Å². The van der Waals surface area contributed by atoms with E-state index in [4.69, 9.17) is 4.74 Å². The van der Waals surface area contributed by atoms with Crippen LogP contribution in [-0.4, -0.2) is 95.7 Å². The summed E-state index contributed by atoms with van der Waals surface area (Å²) in [6, 6.07) is 5.63. The van der Waals surface area contributed by atoms with E-state index >= 15 is 0 Å². The van der Waals surface area contributed by atoms with Crippen molar-refractivity contribution in [3.63, 3.8) is 0 Å². The van der Waals surface area contributed by atoms with Crippen LogP contribution in [0.25, 0.3) is 0 Å². The fourth-order valence-electron chi connectivity index (χ4n) is 7.00. The number of benzene rings is 1.